The summed E-state index contributed by atoms with van der Waals surface area (Å²) in [4.78, 5) is 10.7. The van der Waals surface area contributed by atoms with Crippen LogP contribution in [0.4, 0.5) is 0 Å². The van der Waals surface area contributed by atoms with Crippen molar-refractivity contribution in [2.75, 3.05) is 0 Å². The first-order chi connectivity index (χ1) is 8.99. The van der Waals surface area contributed by atoms with Gasteiger partial charge >= 0.3 is 13.1 Å². The summed E-state index contributed by atoms with van der Waals surface area (Å²) in [7, 11) is -1.47. The number of carbonyl (C=O) groups is 1. The highest BCUT2D eigenvalue weighted by Gasteiger charge is 2.22. The number of aromatic nitrogens is 1. The normalized spacial score (nSPS) is 10.2. The molecule has 0 atom stereocenters. The van der Waals surface area contributed by atoms with Crippen molar-refractivity contribution in [1.29, 1.82) is 0 Å². The highest BCUT2D eigenvalue weighted by molar-refractivity contribution is 6.60. The van der Waals surface area contributed by atoms with E-state index in [2.05, 4.69) is 0 Å². The molecule has 1 aromatic carbocycles. The third kappa shape index (κ3) is 2.63. The Morgan fingerprint density at radius 1 is 1.05 bits per heavy atom. The van der Waals surface area contributed by atoms with Crippen LogP contribution in [0.1, 0.15) is 10.4 Å². The molecule has 1 aromatic heterocycles. The molecule has 0 spiro atoms. The molecule has 2 rings (SSSR count). The molecule has 0 aliphatic rings. The standard InChI is InChI=1S/C11H10BNO6/c14-9-5-6-10(15)13(9)19-12(18)8-3-1-7(2-4-8)11(16)17/h1-6,14-15,18H,(H,16,17). The van der Waals surface area contributed by atoms with E-state index >= 15 is 0 Å². The molecule has 0 aliphatic carbocycles. The molecule has 0 saturated heterocycles. The fourth-order valence-corrected chi connectivity index (χ4v) is 1.46. The molecule has 7 nitrogen and oxygen atoms in total. The van der Waals surface area contributed by atoms with Crippen LogP contribution in [0.3, 0.4) is 0 Å². The van der Waals surface area contributed by atoms with E-state index in [9.17, 15) is 20.0 Å². The molecule has 0 amide bonds. The van der Waals surface area contributed by atoms with E-state index in [0.717, 1.165) is 0 Å². The second kappa shape index (κ2) is 4.95. The highest BCUT2D eigenvalue weighted by Crippen LogP contribution is 2.18. The van der Waals surface area contributed by atoms with Crippen molar-refractivity contribution >= 4 is 18.6 Å². The molecule has 2 aromatic rings. The molecule has 8 heteroatoms. The quantitative estimate of drug-likeness (QED) is 0.549. The molecular weight excluding hydrogens is 253 g/mol. The number of carboxylic acids is 1. The number of nitrogens with zero attached hydrogens (tertiary/aromatic N) is 1. The average Bonchev–Trinajstić information content (AvgIpc) is 2.70. The predicted molar refractivity (Wildman–Crippen MR) is 65.3 cm³/mol. The lowest BCUT2D eigenvalue weighted by Gasteiger charge is -2.12. The molecule has 0 bridgehead atoms. The van der Waals surface area contributed by atoms with Crippen molar-refractivity contribution in [2.45, 2.75) is 0 Å². The van der Waals surface area contributed by atoms with Gasteiger partial charge in [-0.2, -0.15) is 0 Å². The van der Waals surface area contributed by atoms with Crippen LogP contribution in [0.25, 0.3) is 0 Å². The lowest BCUT2D eigenvalue weighted by molar-refractivity contribution is 0.0697. The molecule has 0 saturated carbocycles. The number of hydrogen-bond donors (Lipinski definition) is 4. The topological polar surface area (TPSA) is 112 Å². The summed E-state index contributed by atoms with van der Waals surface area (Å²) in [5, 5.41) is 37.2. The number of aromatic hydroxyl groups is 2. The van der Waals surface area contributed by atoms with Gasteiger partial charge in [-0.25, -0.2) is 4.79 Å². The Balaban J connectivity index is 2.16. The van der Waals surface area contributed by atoms with Crippen molar-refractivity contribution in [3.8, 4) is 11.8 Å². The van der Waals surface area contributed by atoms with Gasteiger partial charge in [0.2, 0.25) is 11.8 Å². The Bertz CT molecular complexity index is 574. The molecule has 0 fully saturated rings. The summed E-state index contributed by atoms with van der Waals surface area (Å²) < 4.78 is 5.58. The first-order valence-corrected chi connectivity index (χ1v) is 5.27. The van der Waals surface area contributed by atoms with Gasteiger partial charge in [-0.05, 0) is 17.6 Å². The van der Waals surface area contributed by atoms with Crippen LogP contribution in [-0.4, -0.2) is 38.2 Å². The van der Waals surface area contributed by atoms with Crippen LogP contribution in [0, 0.1) is 0 Å². The first-order valence-electron chi connectivity index (χ1n) is 5.27. The van der Waals surface area contributed by atoms with E-state index in [1.807, 2.05) is 0 Å². The molecule has 4 N–H and O–H groups in total. The molecule has 1 heterocycles. The summed E-state index contributed by atoms with van der Waals surface area (Å²) in [5.74, 6) is -1.83. The monoisotopic (exact) mass is 263 g/mol. The lowest BCUT2D eigenvalue weighted by atomic mass is 9.80. The summed E-state index contributed by atoms with van der Waals surface area (Å²) in [6.07, 6.45) is 0. The Morgan fingerprint density at radius 3 is 2.05 bits per heavy atom. The van der Waals surface area contributed by atoms with Gasteiger partial charge in [0.05, 0.1) is 5.56 Å². The zero-order valence-corrected chi connectivity index (χ0v) is 9.59. The third-order valence-electron chi connectivity index (χ3n) is 2.45. The Morgan fingerprint density at radius 2 is 1.58 bits per heavy atom. The second-order valence-corrected chi connectivity index (χ2v) is 3.73. The summed E-state index contributed by atoms with van der Waals surface area (Å²) in [5.41, 5.74) is 0.347. The zero-order valence-electron chi connectivity index (χ0n) is 9.59. The van der Waals surface area contributed by atoms with Crippen LogP contribution >= 0.6 is 0 Å². The van der Waals surface area contributed by atoms with Crippen LogP contribution in [-0.2, 0) is 0 Å². The van der Waals surface area contributed by atoms with Gasteiger partial charge in [0.1, 0.15) is 0 Å². The van der Waals surface area contributed by atoms with Gasteiger partial charge in [0.25, 0.3) is 0 Å². The number of hydrogen-bond acceptors (Lipinski definition) is 5. The van der Waals surface area contributed by atoms with Crippen molar-refractivity contribution in [1.82, 2.24) is 4.73 Å². The minimum Gasteiger partial charge on any atom is -0.492 e. The van der Waals surface area contributed by atoms with E-state index in [-0.39, 0.29) is 22.8 Å². The fourth-order valence-electron chi connectivity index (χ4n) is 1.46. The Kier molecular flexibility index (Phi) is 3.34. The summed E-state index contributed by atoms with van der Waals surface area (Å²) >= 11 is 0. The number of carboxylic acid groups (broad SMARTS) is 1. The number of benzene rings is 1. The van der Waals surface area contributed by atoms with Crippen molar-refractivity contribution in [3.05, 3.63) is 42.0 Å². The third-order valence-corrected chi connectivity index (χ3v) is 2.45. The predicted octanol–water partition coefficient (Wildman–Crippen LogP) is -0.586. The molecular formula is C11H10BNO6. The lowest BCUT2D eigenvalue weighted by Crippen LogP contribution is -2.41. The van der Waals surface area contributed by atoms with Gasteiger partial charge in [-0.3, -0.25) is 0 Å². The van der Waals surface area contributed by atoms with Crippen molar-refractivity contribution in [3.63, 3.8) is 0 Å². The number of aromatic carboxylic acids is 1. The summed E-state index contributed by atoms with van der Waals surface area (Å²) in [6, 6.07) is 7.72. The van der Waals surface area contributed by atoms with Gasteiger partial charge < -0.3 is 25.1 Å². The Hall–Kier alpha value is -2.61. The SMILES string of the molecule is O=C(O)c1ccc(B(O)On2c(O)ccc2O)cc1. The maximum Gasteiger partial charge on any atom is 0.581 e. The van der Waals surface area contributed by atoms with Gasteiger partial charge in [0, 0.05) is 12.1 Å². The zero-order chi connectivity index (χ0) is 14.0. The van der Waals surface area contributed by atoms with Crippen LogP contribution in [0.15, 0.2) is 36.4 Å². The first kappa shape index (κ1) is 12.8. The van der Waals surface area contributed by atoms with Gasteiger partial charge in [-0.1, -0.05) is 12.1 Å². The number of rotatable bonds is 4. The molecule has 19 heavy (non-hydrogen) atoms. The van der Waals surface area contributed by atoms with Gasteiger partial charge in [0.15, 0.2) is 0 Å². The average molecular weight is 263 g/mol. The minimum atomic E-state index is -1.47. The van der Waals surface area contributed by atoms with Crippen LogP contribution in [0.5, 0.6) is 11.8 Å². The largest absolute Gasteiger partial charge is 0.581 e. The van der Waals surface area contributed by atoms with Crippen LogP contribution < -0.4 is 10.2 Å². The van der Waals surface area contributed by atoms with E-state index < -0.39 is 13.1 Å². The summed E-state index contributed by atoms with van der Waals surface area (Å²) in [6.45, 7) is 0. The van der Waals surface area contributed by atoms with E-state index in [4.69, 9.17) is 9.86 Å². The van der Waals surface area contributed by atoms with E-state index in [1.54, 1.807) is 0 Å². The second-order valence-electron chi connectivity index (χ2n) is 3.73. The Labute approximate surface area is 108 Å². The van der Waals surface area contributed by atoms with Crippen molar-refractivity contribution in [2.24, 2.45) is 0 Å². The van der Waals surface area contributed by atoms with Crippen molar-refractivity contribution < 1.29 is 29.9 Å². The highest BCUT2D eigenvalue weighted by atomic mass is 16.7. The van der Waals surface area contributed by atoms with E-state index in [1.165, 1.54) is 36.4 Å². The minimum absolute atomic E-state index is 0.0719. The molecule has 0 radical (unpaired) electrons. The maximum absolute atomic E-state index is 10.7. The van der Waals surface area contributed by atoms with Crippen LogP contribution in [0.2, 0.25) is 0 Å². The van der Waals surface area contributed by atoms with Gasteiger partial charge in [-0.15, -0.1) is 4.73 Å². The molecule has 0 unspecified atom stereocenters. The fraction of sp³-hybridized carbons (Fsp3) is 0. The maximum atomic E-state index is 10.7. The molecule has 0 aliphatic heterocycles. The molecule has 98 valence electrons. The van der Waals surface area contributed by atoms with E-state index in [0.29, 0.717) is 4.73 Å². The smallest absolute Gasteiger partial charge is 0.492 e.